The van der Waals surface area contributed by atoms with E-state index in [1.165, 1.54) is 12.3 Å². The molecule has 0 unspecified atom stereocenters. The first kappa shape index (κ1) is 16.6. The average molecular weight is 341 g/mol. The SMILES string of the molecule is N#CC(/N=N/c1n[nH]c(-c2ccccc2)c1C#N)=C(/O)c1ccccn1. The fourth-order valence-corrected chi connectivity index (χ4v) is 2.17. The summed E-state index contributed by atoms with van der Waals surface area (Å²) in [6.07, 6.45) is 1.48. The Morgan fingerprint density at radius 3 is 2.50 bits per heavy atom. The molecule has 26 heavy (non-hydrogen) atoms. The van der Waals surface area contributed by atoms with Crippen LogP contribution in [0, 0.1) is 22.7 Å². The quantitative estimate of drug-likeness (QED) is 0.422. The highest BCUT2D eigenvalue weighted by molar-refractivity contribution is 5.71. The Hall–Kier alpha value is -4.30. The van der Waals surface area contributed by atoms with Crippen molar-refractivity contribution in [2.45, 2.75) is 0 Å². The number of aromatic amines is 1. The van der Waals surface area contributed by atoms with Gasteiger partial charge in [0.05, 0.1) is 5.69 Å². The number of azo groups is 1. The molecule has 0 saturated heterocycles. The number of nitrogens with one attached hydrogen (secondary N) is 1. The van der Waals surface area contributed by atoms with Gasteiger partial charge in [-0.15, -0.1) is 10.2 Å². The van der Waals surface area contributed by atoms with Crippen molar-refractivity contribution < 1.29 is 5.11 Å². The van der Waals surface area contributed by atoms with Gasteiger partial charge >= 0.3 is 0 Å². The van der Waals surface area contributed by atoms with E-state index < -0.39 is 5.76 Å². The molecule has 0 aliphatic heterocycles. The first-order valence-electron chi connectivity index (χ1n) is 7.45. The second kappa shape index (κ2) is 7.51. The molecule has 2 N–H and O–H groups in total. The van der Waals surface area contributed by atoms with Crippen LogP contribution in [0.25, 0.3) is 17.0 Å². The van der Waals surface area contributed by atoms with Crippen molar-refractivity contribution in [2.75, 3.05) is 0 Å². The van der Waals surface area contributed by atoms with Gasteiger partial charge in [0, 0.05) is 11.8 Å². The van der Waals surface area contributed by atoms with Crippen LogP contribution in [-0.2, 0) is 0 Å². The summed E-state index contributed by atoms with van der Waals surface area (Å²) < 4.78 is 0. The summed E-state index contributed by atoms with van der Waals surface area (Å²) in [4.78, 5) is 3.95. The van der Waals surface area contributed by atoms with Crippen molar-refractivity contribution in [3.8, 4) is 23.4 Å². The minimum atomic E-state index is -0.408. The van der Waals surface area contributed by atoms with E-state index in [0.29, 0.717) is 5.69 Å². The Balaban J connectivity index is 1.98. The summed E-state index contributed by atoms with van der Waals surface area (Å²) in [5.74, 6) is -0.387. The van der Waals surface area contributed by atoms with E-state index in [-0.39, 0.29) is 22.8 Å². The maximum absolute atomic E-state index is 10.1. The topological polar surface area (TPSA) is 134 Å². The molecule has 1 aromatic carbocycles. The van der Waals surface area contributed by atoms with Crippen LogP contribution in [0.5, 0.6) is 0 Å². The first-order valence-corrected chi connectivity index (χ1v) is 7.45. The zero-order chi connectivity index (χ0) is 18.4. The molecule has 0 spiro atoms. The van der Waals surface area contributed by atoms with Gasteiger partial charge in [0.1, 0.15) is 23.4 Å². The number of hydrogen-bond donors (Lipinski definition) is 2. The zero-order valence-electron chi connectivity index (χ0n) is 13.3. The Morgan fingerprint density at radius 1 is 1.08 bits per heavy atom. The van der Waals surface area contributed by atoms with E-state index in [1.54, 1.807) is 18.2 Å². The molecule has 3 rings (SSSR count). The maximum atomic E-state index is 10.1. The number of rotatable bonds is 4. The number of H-pyrrole nitrogens is 1. The molecule has 0 amide bonds. The van der Waals surface area contributed by atoms with Crippen molar-refractivity contribution in [3.05, 3.63) is 71.7 Å². The highest BCUT2D eigenvalue weighted by atomic mass is 16.3. The second-order valence-corrected chi connectivity index (χ2v) is 5.00. The van der Waals surface area contributed by atoms with Crippen LogP contribution in [0.15, 0.2) is 70.7 Å². The van der Waals surface area contributed by atoms with Gasteiger partial charge < -0.3 is 5.11 Å². The molecule has 8 heteroatoms. The number of nitriles is 2. The van der Waals surface area contributed by atoms with Crippen LogP contribution in [-0.4, -0.2) is 20.3 Å². The molecular weight excluding hydrogens is 330 g/mol. The molecular formula is C18H11N7O. The van der Waals surface area contributed by atoms with Crippen molar-refractivity contribution in [2.24, 2.45) is 10.2 Å². The molecule has 8 nitrogen and oxygen atoms in total. The molecule has 3 aromatic rings. The fourth-order valence-electron chi connectivity index (χ4n) is 2.17. The Kier molecular flexibility index (Phi) is 4.78. The normalized spacial score (nSPS) is 11.6. The molecule has 0 radical (unpaired) electrons. The standard InChI is InChI=1S/C18H11N7O/c19-10-13-16(12-6-2-1-3-7-12)23-25-18(13)24-22-15(11-20)17(26)14-8-4-5-9-21-14/h1-9,26H,(H,23,25)/b17-15-,24-22+. The zero-order valence-corrected chi connectivity index (χ0v) is 13.3. The van der Waals surface area contributed by atoms with E-state index in [9.17, 15) is 15.6 Å². The number of hydrogen-bond acceptors (Lipinski definition) is 7. The summed E-state index contributed by atoms with van der Waals surface area (Å²) >= 11 is 0. The van der Waals surface area contributed by atoms with Gasteiger partial charge in [-0.1, -0.05) is 36.4 Å². The summed E-state index contributed by atoms with van der Waals surface area (Å²) in [7, 11) is 0. The van der Waals surface area contributed by atoms with Gasteiger partial charge in [-0.3, -0.25) is 10.1 Å². The van der Waals surface area contributed by atoms with Crippen molar-refractivity contribution in [3.63, 3.8) is 0 Å². The van der Waals surface area contributed by atoms with E-state index in [1.807, 2.05) is 36.4 Å². The third kappa shape index (κ3) is 3.30. The predicted molar refractivity (Wildman–Crippen MR) is 92.7 cm³/mol. The summed E-state index contributed by atoms with van der Waals surface area (Å²) in [6, 6.07) is 17.8. The van der Waals surface area contributed by atoms with Crippen LogP contribution in [0.1, 0.15) is 11.3 Å². The Morgan fingerprint density at radius 2 is 1.85 bits per heavy atom. The largest absolute Gasteiger partial charge is 0.503 e. The predicted octanol–water partition coefficient (Wildman–Crippen LogP) is 3.88. The van der Waals surface area contributed by atoms with Gasteiger partial charge in [0.15, 0.2) is 5.76 Å². The summed E-state index contributed by atoms with van der Waals surface area (Å²) in [6.45, 7) is 0. The lowest BCUT2D eigenvalue weighted by molar-refractivity contribution is 0.504. The van der Waals surface area contributed by atoms with Crippen LogP contribution >= 0.6 is 0 Å². The van der Waals surface area contributed by atoms with E-state index in [0.717, 1.165) is 5.56 Å². The van der Waals surface area contributed by atoms with Crippen LogP contribution < -0.4 is 0 Å². The molecule has 0 aliphatic carbocycles. The number of aliphatic hydroxyl groups excluding tert-OH is 1. The van der Waals surface area contributed by atoms with E-state index in [4.69, 9.17) is 0 Å². The second-order valence-electron chi connectivity index (χ2n) is 5.00. The summed E-state index contributed by atoms with van der Waals surface area (Å²) in [5.41, 5.74) is 1.31. The number of nitrogens with zero attached hydrogens (tertiary/aromatic N) is 6. The lowest BCUT2D eigenvalue weighted by Crippen LogP contribution is -1.90. The number of aromatic nitrogens is 3. The van der Waals surface area contributed by atoms with Crippen LogP contribution in [0.4, 0.5) is 5.82 Å². The Bertz CT molecular complexity index is 1050. The van der Waals surface area contributed by atoms with Crippen molar-refractivity contribution >= 4 is 11.6 Å². The molecule has 0 saturated carbocycles. The highest BCUT2D eigenvalue weighted by Gasteiger charge is 2.15. The summed E-state index contributed by atoms with van der Waals surface area (Å²) in [5, 5.41) is 43.0. The molecule has 2 aromatic heterocycles. The van der Waals surface area contributed by atoms with Gasteiger partial charge in [0.25, 0.3) is 0 Å². The lowest BCUT2D eigenvalue weighted by Gasteiger charge is -1.98. The van der Waals surface area contributed by atoms with E-state index in [2.05, 4.69) is 25.4 Å². The minimum absolute atomic E-state index is 0.0212. The molecule has 124 valence electrons. The Labute approximate surface area is 148 Å². The molecule has 0 bridgehead atoms. The highest BCUT2D eigenvalue weighted by Crippen LogP contribution is 2.28. The number of benzene rings is 1. The minimum Gasteiger partial charge on any atom is -0.503 e. The molecule has 0 aliphatic rings. The monoisotopic (exact) mass is 341 g/mol. The van der Waals surface area contributed by atoms with Gasteiger partial charge in [-0.05, 0) is 12.1 Å². The fraction of sp³-hybridized carbons (Fsp3) is 0. The number of aliphatic hydroxyl groups is 1. The van der Waals surface area contributed by atoms with Gasteiger partial charge in [0.2, 0.25) is 11.5 Å². The van der Waals surface area contributed by atoms with Gasteiger partial charge in [-0.25, -0.2) is 0 Å². The molecule has 0 atom stereocenters. The first-order chi connectivity index (χ1) is 12.7. The smallest absolute Gasteiger partial charge is 0.213 e. The molecule has 0 fully saturated rings. The molecule has 2 heterocycles. The third-order valence-electron chi connectivity index (χ3n) is 3.40. The van der Waals surface area contributed by atoms with E-state index >= 15 is 0 Å². The number of allylic oxidation sites excluding steroid dienone is 1. The van der Waals surface area contributed by atoms with Crippen LogP contribution in [0.2, 0.25) is 0 Å². The van der Waals surface area contributed by atoms with Gasteiger partial charge in [-0.2, -0.15) is 15.6 Å². The van der Waals surface area contributed by atoms with Crippen molar-refractivity contribution in [1.82, 2.24) is 15.2 Å². The van der Waals surface area contributed by atoms with Crippen LogP contribution in [0.3, 0.4) is 0 Å². The lowest BCUT2D eigenvalue weighted by atomic mass is 10.1. The number of pyridine rings is 1. The maximum Gasteiger partial charge on any atom is 0.213 e. The third-order valence-corrected chi connectivity index (χ3v) is 3.40. The average Bonchev–Trinajstić information content (AvgIpc) is 3.12. The van der Waals surface area contributed by atoms with Crippen molar-refractivity contribution in [1.29, 1.82) is 10.5 Å².